The molecule has 1 aromatic heterocycles. The van der Waals surface area contributed by atoms with Gasteiger partial charge in [0, 0.05) is 19.0 Å². The number of halogens is 1. The molecule has 0 amide bonds. The molecule has 0 bridgehead atoms. The summed E-state index contributed by atoms with van der Waals surface area (Å²) in [6.07, 6.45) is -1.35. The number of β-amino-alcohol motifs (C(OH)–C–C–N with tert-alkyl or cyclic N) is 1. The molecular formula is C9H9ClN2O7S2. The lowest BCUT2D eigenvalue weighted by Gasteiger charge is -2.19. The number of carboxylic acid groups (broad SMARTS) is 1. The highest BCUT2D eigenvalue weighted by atomic mass is 35.5. The Morgan fingerprint density at radius 1 is 1.57 bits per heavy atom. The van der Waals surface area contributed by atoms with Gasteiger partial charge in [-0.1, -0.05) is 11.6 Å². The summed E-state index contributed by atoms with van der Waals surface area (Å²) in [4.78, 5) is 20.9. The number of carbonyl (C=O) groups is 1. The van der Waals surface area contributed by atoms with Gasteiger partial charge >= 0.3 is 5.97 Å². The molecule has 2 heterocycles. The van der Waals surface area contributed by atoms with Gasteiger partial charge in [0.05, 0.1) is 11.0 Å². The van der Waals surface area contributed by atoms with Crippen LogP contribution in [-0.2, 0) is 14.8 Å². The monoisotopic (exact) mass is 356 g/mol. The minimum atomic E-state index is -4.28. The molecule has 0 radical (unpaired) electrons. The fourth-order valence-electron chi connectivity index (χ4n) is 1.98. The molecule has 0 unspecified atom stereocenters. The molecule has 0 spiro atoms. The van der Waals surface area contributed by atoms with Crippen molar-refractivity contribution in [3.63, 3.8) is 0 Å². The van der Waals surface area contributed by atoms with E-state index in [1.807, 2.05) is 0 Å². The van der Waals surface area contributed by atoms with Crippen molar-refractivity contribution in [2.45, 2.75) is 22.8 Å². The van der Waals surface area contributed by atoms with Gasteiger partial charge in [0.2, 0.25) is 0 Å². The third kappa shape index (κ3) is 2.87. The first-order chi connectivity index (χ1) is 9.64. The second-order valence-corrected chi connectivity index (χ2v) is 8.07. The van der Waals surface area contributed by atoms with Crippen LogP contribution in [0.15, 0.2) is 10.3 Å². The van der Waals surface area contributed by atoms with Gasteiger partial charge in [-0.3, -0.25) is 14.9 Å². The van der Waals surface area contributed by atoms with Crippen molar-refractivity contribution >= 4 is 44.6 Å². The standard InChI is InChI=1S/C9H9ClN2O7S2/c10-8-5(12(16)17)2-7(20-8)21(18,19)11-3-4(13)1-6(11)9(14)15/h2,4,6,13H,1,3H2,(H,14,15)/t4-,6-/m1/s1. The van der Waals surface area contributed by atoms with Crippen molar-refractivity contribution in [2.75, 3.05) is 6.54 Å². The van der Waals surface area contributed by atoms with E-state index in [0.29, 0.717) is 15.6 Å². The Morgan fingerprint density at radius 2 is 2.19 bits per heavy atom. The Bertz CT molecular complexity index is 701. The molecule has 0 aromatic carbocycles. The number of aliphatic hydroxyl groups excluding tert-OH is 1. The van der Waals surface area contributed by atoms with Crippen molar-refractivity contribution in [3.05, 3.63) is 20.5 Å². The Balaban J connectivity index is 2.44. The van der Waals surface area contributed by atoms with E-state index in [1.54, 1.807) is 0 Å². The number of rotatable bonds is 4. The van der Waals surface area contributed by atoms with Gasteiger partial charge in [-0.25, -0.2) is 8.42 Å². The molecule has 2 rings (SSSR count). The van der Waals surface area contributed by atoms with Crippen LogP contribution >= 0.6 is 22.9 Å². The summed E-state index contributed by atoms with van der Waals surface area (Å²) in [6, 6.07) is -0.628. The van der Waals surface area contributed by atoms with Gasteiger partial charge in [-0.15, -0.1) is 11.3 Å². The highest BCUT2D eigenvalue weighted by Crippen LogP contribution is 2.39. The average molecular weight is 357 g/mol. The largest absolute Gasteiger partial charge is 0.480 e. The van der Waals surface area contributed by atoms with E-state index in [4.69, 9.17) is 16.7 Å². The second kappa shape index (κ2) is 5.50. The zero-order valence-electron chi connectivity index (χ0n) is 10.2. The number of nitrogens with zero attached hydrogens (tertiary/aromatic N) is 2. The lowest BCUT2D eigenvalue weighted by atomic mass is 10.2. The quantitative estimate of drug-likeness (QED) is 0.592. The molecular weight excluding hydrogens is 348 g/mol. The molecule has 116 valence electrons. The number of carboxylic acids is 1. The van der Waals surface area contributed by atoms with Crippen molar-refractivity contribution in [2.24, 2.45) is 0 Å². The topological polar surface area (TPSA) is 138 Å². The van der Waals surface area contributed by atoms with Crippen LogP contribution in [0.2, 0.25) is 4.34 Å². The summed E-state index contributed by atoms with van der Waals surface area (Å²) in [6.45, 7) is -0.386. The minimum absolute atomic E-state index is 0.240. The molecule has 1 aliphatic rings. The Hall–Kier alpha value is -1.27. The molecule has 9 nitrogen and oxygen atoms in total. The SMILES string of the molecule is O=C(O)[C@H]1C[C@@H](O)CN1S(=O)(=O)c1cc([N+](=O)[O-])c(Cl)s1. The van der Waals surface area contributed by atoms with E-state index in [-0.39, 0.29) is 17.3 Å². The van der Waals surface area contributed by atoms with Crippen molar-refractivity contribution in [1.82, 2.24) is 4.31 Å². The first kappa shape index (κ1) is 16.1. The minimum Gasteiger partial charge on any atom is -0.480 e. The predicted molar refractivity (Wildman–Crippen MR) is 71.9 cm³/mol. The van der Waals surface area contributed by atoms with Crippen molar-refractivity contribution in [3.8, 4) is 0 Å². The van der Waals surface area contributed by atoms with Gasteiger partial charge in [0.1, 0.15) is 10.3 Å². The molecule has 0 aliphatic carbocycles. The molecule has 1 aromatic rings. The van der Waals surface area contributed by atoms with E-state index in [0.717, 1.165) is 6.07 Å². The maximum atomic E-state index is 12.4. The van der Waals surface area contributed by atoms with Gasteiger partial charge in [0.25, 0.3) is 15.7 Å². The summed E-state index contributed by atoms with van der Waals surface area (Å²) >= 11 is 6.08. The van der Waals surface area contributed by atoms with Gasteiger partial charge in [0.15, 0.2) is 4.34 Å². The Kier molecular flexibility index (Phi) is 4.22. The number of aliphatic hydroxyl groups is 1. The zero-order valence-corrected chi connectivity index (χ0v) is 12.6. The fourth-order valence-corrected chi connectivity index (χ4v) is 5.41. The summed E-state index contributed by atoms with van der Waals surface area (Å²) in [7, 11) is -4.28. The molecule has 1 fully saturated rings. The first-order valence-corrected chi connectivity index (χ1v) is 8.14. The van der Waals surface area contributed by atoms with E-state index in [2.05, 4.69) is 0 Å². The smallest absolute Gasteiger partial charge is 0.322 e. The van der Waals surface area contributed by atoms with E-state index >= 15 is 0 Å². The molecule has 21 heavy (non-hydrogen) atoms. The number of thiophene rings is 1. The number of hydrogen-bond donors (Lipinski definition) is 2. The molecule has 2 atom stereocenters. The number of sulfonamides is 1. The number of aliphatic carboxylic acids is 1. The highest BCUT2D eigenvalue weighted by Gasteiger charge is 2.44. The zero-order chi connectivity index (χ0) is 15.9. The first-order valence-electron chi connectivity index (χ1n) is 5.51. The Labute approximate surface area is 127 Å². The third-order valence-corrected chi connectivity index (χ3v) is 6.59. The van der Waals surface area contributed by atoms with Crippen LogP contribution in [-0.4, -0.2) is 52.5 Å². The van der Waals surface area contributed by atoms with Crippen LogP contribution in [0.4, 0.5) is 5.69 Å². The van der Waals surface area contributed by atoms with Gasteiger partial charge in [-0.05, 0) is 0 Å². The number of nitro groups is 1. The van der Waals surface area contributed by atoms with Gasteiger partial charge in [-0.2, -0.15) is 4.31 Å². The molecule has 2 N–H and O–H groups in total. The molecule has 1 saturated heterocycles. The van der Waals surface area contributed by atoms with Crippen LogP contribution in [0.25, 0.3) is 0 Å². The fraction of sp³-hybridized carbons (Fsp3) is 0.444. The second-order valence-electron chi connectivity index (χ2n) is 4.30. The summed E-state index contributed by atoms with van der Waals surface area (Å²) in [5, 5.41) is 29.2. The maximum absolute atomic E-state index is 12.4. The van der Waals surface area contributed by atoms with Crippen LogP contribution in [0.5, 0.6) is 0 Å². The third-order valence-electron chi connectivity index (χ3n) is 2.92. The molecule has 1 aliphatic heterocycles. The lowest BCUT2D eigenvalue weighted by Crippen LogP contribution is -2.40. The normalized spacial score (nSPS) is 23.3. The van der Waals surface area contributed by atoms with E-state index in [1.165, 1.54) is 0 Å². The van der Waals surface area contributed by atoms with E-state index in [9.17, 15) is 28.4 Å². The maximum Gasteiger partial charge on any atom is 0.322 e. The molecule has 12 heteroatoms. The molecule has 0 saturated carbocycles. The average Bonchev–Trinajstić information content (AvgIpc) is 2.93. The summed E-state index contributed by atoms with van der Waals surface area (Å²) in [5.41, 5.74) is -0.563. The number of hydrogen-bond acceptors (Lipinski definition) is 7. The Morgan fingerprint density at radius 3 is 2.67 bits per heavy atom. The van der Waals surface area contributed by atoms with Crippen LogP contribution in [0, 0.1) is 10.1 Å². The van der Waals surface area contributed by atoms with Crippen molar-refractivity contribution in [1.29, 1.82) is 0 Å². The predicted octanol–water partition coefficient (Wildman–Crippen LogP) is 0.518. The summed E-state index contributed by atoms with van der Waals surface area (Å²) in [5.74, 6) is -1.40. The van der Waals surface area contributed by atoms with E-state index < -0.39 is 43.0 Å². The summed E-state index contributed by atoms with van der Waals surface area (Å²) < 4.78 is 24.6. The van der Waals surface area contributed by atoms with Crippen molar-refractivity contribution < 1.29 is 28.3 Å². The lowest BCUT2D eigenvalue weighted by molar-refractivity contribution is -0.384. The van der Waals surface area contributed by atoms with Crippen LogP contribution < -0.4 is 0 Å². The highest BCUT2D eigenvalue weighted by molar-refractivity contribution is 7.91. The van der Waals surface area contributed by atoms with Crippen LogP contribution in [0.1, 0.15) is 6.42 Å². The van der Waals surface area contributed by atoms with Crippen LogP contribution in [0.3, 0.4) is 0 Å². The van der Waals surface area contributed by atoms with Gasteiger partial charge < -0.3 is 10.2 Å².